The quantitative estimate of drug-likeness (QED) is 0.147. The molecule has 4 saturated heterocycles. The summed E-state index contributed by atoms with van der Waals surface area (Å²) in [5.41, 5.74) is 22.4. The average Bonchev–Trinajstić information content (AvgIpc) is 1.20. The molecule has 118 heavy (non-hydrogen) atoms. The van der Waals surface area contributed by atoms with E-state index in [4.69, 9.17) is 15.0 Å². The maximum Gasteiger partial charge on any atom is 0.487 e. The molecule has 20 nitrogen and oxygen atoms in total. The largest absolute Gasteiger partial charge is 0.487 e. The molecule has 12 heterocycles. The number of hydrogen-bond donors (Lipinski definition) is 0. The van der Waals surface area contributed by atoms with Gasteiger partial charge in [-0.1, -0.05) is 196 Å². The fraction of sp³-hybridized carbons (Fsp3) is 0.163. The van der Waals surface area contributed by atoms with Gasteiger partial charge < -0.3 is 74.6 Å². The molecular formula is C86H92B12N20. The Balaban J connectivity index is 0.000000106. The first-order chi connectivity index (χ1) is 57.5. The van der Waals surface area contributed by atoms with Crippen LogP contribution in [0.1, 0.15) is 22.3 Å². The zero-order valence-electron chi connectivity index (χ0n) is 69.7. The Bertz CT molecular complexity index is 5920. The van der Waals surface area contributed by atoms with Crippen molar-refractivity contribution in [2.45, 2.75) is 68.6 Å². The van der Waals surface area contributed by atoms with E-state index in [9.17, 15) is 0 Å². The van der Waals surface area contributed by atoms with Gasteiger partial charge in [-0.15, -0.1) is 0 Å². The summed E-state index contributed by atoms with van der Waals surface area (Å²) >= 11 is 0. The molecule has 22 rings (SSSR count). The number of aryl methyl sites for hydroxylation is 4. The molecule has 8 aliphatic heterocycles. The van der Waals surface area contributed by atoms with Gasteiger partial charge in [0.1, 0.15) is 23.3 Å². The van der Waals surface area contributed by atoms with Crippen LogP contribution in [0.3, 0.4) is 0 Å². The molecule has 8 aliphatic rings. The smallest absolute Gasteiger partial charge is 0.425 e. The second kappa shape index (κ2) is 30.8. The Morgan fingerprint density at radius 2 is 0.534 bits per heavy atom. The lowest BCUT2D eigenvalue weighted by Gasteiger charge is -2.57. The minimum Gasteiger partial charge on any atom is -0.425 e. The number of aromatic nitrogens is 8. The minimum atomic E-state index is -0.0206. The molecule has 572 valence electrons. The fourth-order valence-electron chi connectivity index (χ4n) is 20.7. The SMILES string of the molecule is CB1N(C)B(C)N2B(N1C)n1ccnc1-c1ccccc12.CB1N(c2ccccc2)B(C)N2B(N1c1ccccc1)n1ccnc1-c1ccccc12.CB1N2B(N(c3c(C)cccc3C)B(C)N1c1c(C)cccc1C)n1ccnc1-c1ccccc12.CN1B(c2ccccc2)N(C)B2N(B1c1ccccc1)c1ccccc1-c1nccn12. The third-order valence-corrected chi connectivity index (χ3v) is 26.1. The molecule has 0 aliphatic carbocycles. The summed E-state index contributed by atoms with van der Waals surface area (Å²) in [6, 6.07) is 90.8. The van der Waals surface area contributed by atoms with E-state index >= 15 is 0 Å². The lowest BCUT2D eigenvalue weighted by Crippen LogP contribution is -2.83. The molecule has 4 aromatic heterocycles. The summed E-state index contributed by atoms with van der Waals surface area (Å²) in [6.45, 7) is 24.2. The number of benzene rings is 10. The number of anilines is 8. The zero-order chi connectivity index (χ0) is 81.1. The second-order valence-electron chi connectivity index (χ2n) is 32.5. The van der Waals surface area contributed by atoms with Crippen LogP contribution in [0.4, 0.5) is 45.5 Å². The number of imidazole rings is 4. The first kappa shape index (κ1) is 76.1. The molecule has 0 N–H and O–H groups in total. The molecule has 0 saturated carbocycles. The van der Waals surface area contributed by atoms with Gasteiger partial charge >= 0.3 is 77.3 Å². The molecule has 0 bridgehead atoms. The van der Waals surface area contributed by atoms with Gasteiger partial charge in [-0.25, -0.2) is 19.9 Å². The zero-order valence-corrected chi connectivity index (χ0v) is 69.7. The van der Waals surface area contributed by atoms with E-state index in [-0.39, 0.29) is 70.4 Å². The van der Waals surface area contributed by atoms with E-state index < -0.39 is 0 Å². The molecule has 32 heteroatoms. The van der Waals surface area contributed by atoms with Crippen LogP contribution in [-0.2, 0) is 0 Å². The van der Waals surface area contributed by atoms with Gasteiger partial charge in [0.2, 0.25) is 0 Å². The molecular weight excluding hydrogens is 1440 g/mol. The number of hydrogen-bond acceptors (Lipinski definition) is 16. The Morgan fingerprint density at radius 3 is 0.958 bits per heavy atom. The van der Waals surface area contributed by atoms with Gasteiger partial charge in [0.25, 0.3) is 6.98 Å². The van der Waals surface area contributed by atoms with Crippen LogP contribution < -0.4 is 48.7 Å². The third-order valence-electron chi connectivity index (χ3n) is 26.1. The van der Waals surface area contributed by atoms with E-state index in [2.05, 4.69) is 456 Å². The summed E-state index contributed by atoms with van der Waals surface area (Å²) in [4.78, 5) is 18.9. The first-order valence-corrected chi connectivity index (χ1v) is 41.5. The molecule has 4 fully saturated rings. The van der Waals surface area contributed by atoms with Crippen molar-refractivity contribution >= 4 is 141 Å². The summed E-state index contributed by atoms with van der Waals surface area (Å²) in [5.74, 6) is 4.12. The van der Waals surface area contributed by atoms with Crippen molar-refractivity contribution in [1.29, 1.82) is 0 Å². The van der Waals surface area contributed by atoms with Crippen molar-refractivity contribution in [2.75, 3.05) is 66.0 Å². The highest BCUT2D eigenvalue weighted by molar-refractivity contribution is 7.06. The van der Waals surface area contributed by atoms with Crippen molar-refractivity contribution in [3.05, 3.63) is 327 Å². The molecule has 0 unspecified atom stereocenters. The van der Waals surface area contributed by atoms with Crippen molar-refractivity contribution in [3.8, 4) is 45.6 Å². The fourth-order valence-corrected chi connectivity index (χ4v) is 20.7. The van der Waals surface area contributed by atoms with Crippen molar-refractivity contribution < 1.29 is 0 Å². The van der Waals surface area contributed by atoms with Gasteiger partial charge in [-0.3, -0.25) is 0 Å². The summed E-state index contributed by atoms with van der Waals surface area (Å²) in [5, 5.41) is 0. The van der Waals surface area contributed by atoms with E-state index in [0.29, 0.717) is 14.0 Å². The Labute approximate surface area is 699 Å². The highest BCUT2D eigenvalue weighted by atomic mass is 15.4. The third kappa shape index (κ3) is 12.3. The van der Waals surface area contributed by atoms with Crippen LogP contribution in [0.5, 0.6) is 0 Å². The van der Waals surface area contributed by atoms with Gasteiger partial charge in [0.15, 0.2) is 0 Å². The highest BCUT2D eigenvalue weighted by Crippen LogP contribution is 2.47. The van der Waals surface area contributed by atoms with Crippen LogP contribution >= 0.6 is 0 Å². The molecule has 0 amide bonds. The second-order valence-corrected chi connectivity index (χ2v) is 32.5. The molecule has 14 aromatic rings. The Kier molecular flexibility index (Phi) is 19.9. The maximum atomic E-state index is 4.81. The first-order valence-electron chi connectivity index (χ1n) is 41.5. The molecule has 0 atom stereocenters. The van der Waals surface area contributed by atoms with Crippen LogP contribution in [0.15, 0.2) is 304 Å². The minimum absolute atomic E-state index is 0.000220. The van der Waals surface area contributed by atoms with Gasteiger partial charge in [-0.05, 0) is 189 Å². The molecule has 10 aromatic carbocycles. The van der Waals surface area contributed by atoms with Crippen LogP contribution in [0, 0.1) is 27.7 Å². The lowest BCUT2D eigenvalue weighted by atomic mass is 9.42. The Hall–Kier alpha value is -11.9. The lowest BCUT2D eigenvalue weighted by molar-refractivity contribution is 0.632. The summed E-state index contributed by atoms with van der Waals surface area (Å²) < 4.78 is 39.2. The van der Waals surface area contributed by atoms with E-state index in [1.165, 1.54) is 101 Å². The Morgan fingerprint density at radius 1 is 0.229 bits per heavy atom. The van der Waals surface area contributed by atoms with Gasteiger partial charge in [0, 0.05) is 117 Å². The number of fused-ring (bicyclic) bond motifs is 24. The topological polar surface area (TPSA) is 110 Å². The monoisotopic (exact) mass is 1540 g/mol. The van der Waals surface area contributed by atoms with Crippen LogP contribution in [-0.4, -0.2) is 169 Å². The molecule has 0 spiro atoms. The number of nitrogens with zero attached hydrogens (tertiary/aromatic N) is 20. The average molecular weight is 1540 g/mol. The number of rotatable bonds is 6. The van der Waals surface area contributed by atoms with Crippen molar-refractivity contribution in [1.82, 2.24) is 56.7 Å². The summed E-state index contributed by atoms with van der Waals surface area (Å²) in [7, 11) is 8.99. The van der Waals surface area contributed by atoms with Crippen molar-refractivity contribution in [3.63, 3.8) is 0 Å². The van der Waals surface area contributed by atoms with Gasteiger partial charge in [-0.2, -0.15) is 0 Å². The summed E-state index contributed by atoms with van der Waals surface area (Å²) in [6.07, 6.45) is 16.1. The standard InChI is InChI=1S/C27H30B3N5.2C23H22B3N5.C13H18B3N5/c1-19-11-9-12-20(2)25(19)34-28(5)33-24-16-8-7-15-23(24)27-31-17-18-32(27)30(33)35(29(34)6)26-21(3)13-10-14-22(26)4;1-28-24(19-11-5-3-6-12-19)29(2)26-30-18-17-27-23(30)21-15-9-10-16-22(21)31(26)25(28)20-13-7-4-8-14-20;1-24-29(19-11-5-3-6-12-19)25(2)31-22-16-10-9-15-21(22)23-27-17-18-28(23)26(31)30(24)20-13-7-4-8-14-20;1-14-18(3)15(2)21-12-8-6-5-7-11(12)13-17-9-10-20(13)16(21)19(14)4/h7-18H,1-6H3;2*3-18H,1-2H3;5-10H,1-4H3. The van der Waals surface area contributed by atoms with E-state index in [1.807, 2.05) is 24.8 Å². The predicted molar refractivity (Wildman–Crippen MR) is 504 cm³/mol. The normalized spacial score (nSPS) is 15.9. The van der Waals surface area contributed by atoms with E-state index in [0.717, 1.165) is 23.3 Å². The van der Waals surface area contributed by atoms with Gasteiger partial charge in [0.05, 0.1) is 0 Å². The maximum absolute atomic E-state index is 4.81. The highest BCUT2D eigenvalue weighted by Gasteiger charge is 2.59. The predicted octanol–water partition coefficient (Wildman–Crippen LogP) is 13.4. The van der Waals surface area contributed by atoms with Crippen LogP contribution in [0.2, 0.25) is 40.9 Å². The van der Waals surface area contributed by atoms with Crippen molar-refractivity contribution in [2.24, 2.45) is 0 Å². The van der Waals surface area contributed by atoms with Crippen LogP contribution in [0.25, 0.3) is 45.6 Å². The molecule has 0 radical (unpaired) electrons. The van der Waals surface area contributed by atoms with E-state index in [1.54, 1.807) is 0 Å². The number of para-hydroxylation sites is 8.